The average Bonchev–Trinajstić information content (AvgIpc) is 2.44. The van der Waals surface area contributed by atoms with Crippen molar-refractivity contribution >= 4 is 17.4 Å². The molecule has 0 atom stereocenters. The standard InChI is InChI=1S/C13H11ClFN3O2/c1-7-2-3-8(6-10(7)15)20-13-11(14)9(4-5-17-13)12(16)18-19/h2-6,19H,1H3,(H2,16,18). The van der Waals surface area contributed by atoms with E-state index in [2.05, 4.69) is 10.1 Å². The van der Waals surface area contributed by atoms with Crippen LogP contribution >= 0.6 is 11.6 Å². The fourth-order valence-electron chi connectivity index (χ4n) is 1.50. The van der Waals surface area contributed by atoms with Gasteiger partial charge in [-0.1, -0.05) is 22.8 Å². The first-order valence-corrected chi connectivity index (χ1v) is 5.97. The van der Waals surface area contributed by atoms with E-state index in [0.717, 1.165) is 0 Å². The van der Waals surface area contributed by atoms with Gasteiger partial charge in [0.05, 0.1) is 0 Å². The summed E-state index contributed by atoms with van der Waals surface area (Å²) in [4.78, 5) is 3.93. The zero-order chi connectivity index (χ0) is 14.7. The molecule has 1 heterocycles. The van der Waals surface area contributed by atoms with Crippen molar-refractivity contribution in [3.8, 4) is 11.6 Å². The monoisotopic (exact) mass is 295 g/mol. The maximum Gasteiger partial charge on any atom is 0.238 e. The summed E-state index contributed by atoms with van der Waals surface area (Å²) in [5.74, 6) is -0.276. The van der Waals surface area contributed by atoms with Crippen molar-refractivity contribution in [3.05, 3.63) is 52.4 Å². The Kier molecular flexibility index (Phi) is 4.05. The molecular weight excluding hydrogens is 285 g/mol. The maximum absolute atomic E-state index is 13.4. The van der Waals surface area contributed by atoms with Crippen LogP contribution in [0.3, 0.4) is 0 Å². The molecule has 7 heteroatoms. The number of aryl methyl sites for hydroxylation is 1. The van der Waals surface area contributed by atoms with Gasteiger partial charge in [-0.2, -0.15) is 0 Å². The molecule has 0 amide bonds. The fourth-order valence-corrected chi connectivity index (χ4v) is 1.74. The van der Waals surface area contributed by atoms with Gasteiger partial charge >= 0.3 is 0 Å². The molecule has 0 fully saturated rings. The molecule has 104 valence electrons. The second kappa shape index (κ2) is 5.75. The van der Waals surface area contributed by atoms with E-state index in [9.17, 15) is 4.39 Å². The van der Waals surface area contributed by atoms with Gasteiger partial charge in [0.2, 0.25) is 5.88 Å². The molecule has 0 aliphatic heterocycles. The second-order valence-electron chi connectivity index (χ2n) is 3.98. The minimum Gasteiger partial charge on any atom is -0.437 e. The van der Waals surface area contributed by atoms with E-state index in [1.165, 1.54) is 18.3 Å². The van der Waals surface area contributed by atoms with Crippen LogP contribution in [0.5, 0.6) is 11.6 Å². The molecule has 0 radical (unpaired) electrons. The third-order valence-electron chi connectivity index (χ3n) is 2.60. The highest BCUT2D eigenvalue weighted by atomic mass is 35.5. The Morgan fingerprint density at radius 2 is 2.20 bits per heavy atom. The first kappa shape index (κ1) is 14.1. The van der Waals surface area contributed by atoms with Gasteiger partial charge in [0.25, 0.3) is 0 Å². The van der Waals surface area contributed by atoms with Crippen molar-refractivity contribution in [2.24, 2.45) is 10.9 Å². The number of amidine groups is 1. The summed E-state index contributed by atoms with van der Waals surface area (Å²) in [7, 11) is 0. The lowest BCUT2D eigenvalue weighted by molar-refractivity contribution is 0.318. The fraction of sp³-hybridized carbons (Fsp3) is 0.0769. The molecule has 2 aromatic rings. The van der Waals surface area contributed by atoms with Crippen LogP contribution in [0.15, 0.2) is 35.6 Å². The summed E-state index contributed by atoms with van der Waals surface area (Å²) in [5, 5.41) is 11.6. The molecule has 0 unspecified atom stereocenters. The van der Waals surface area contributed by atoms with Gasteiger partial charge in [-0.15, -0.1) is 0 Å². The average molecular weight is 296 g/mol. The summed E-state index contributed by atoms with van der Waals surface area (Å²) in [6.45, 7) is 1.64. The van der Waals surface area contributed by atoms with Crippen LogP contribution < -0.4 is 10.5 Å². The summed E-state index contributed by atoms with van der Waals surface area (Å²) in [6, 6.07) is 5.86. The number of halogens is 2. The summed E-state index contributed by atoms with van der Waals surface area (Å²) >= 11 is 6.05. The highest BCUT2D eigenvalue weighted by molar-refractivity contribution is 6.35. The van der Waals surface area contributed by atoms with E-state index in [1.54, 1.807) is 19.1 Å². The Morgan fingerprint density at radius 1 is 1.45 bits per heavy atom. The van der Waals surface area contributed by atoms with E-state index in [1.807, 2.05) is 0 Å². The highest BCUT2D eigenvalue weighted by Gasteiger charge is 2.13. The smallest absolute Gasteiger partial charge is 0.238 e. The number of aromatic nitrogens is 1. The molecule has 0 spiro atoms. The molecule has 1 aromatic heterocycles. The number of ether oxygens (including phenoxy) is 1. The van der Waals surface area contributed by atoms with Crippen LogP contribution in [0.1, 0.15) is 11.1 Å². The lowest BCUT2D eigenvalue weighted by atomic mass is 10.2. The number of benzene rings is 1. The van der Waals surface area contributed by atoms with Crippen molar-refractivity contribution in [3.63, 3.8) is 0 Å². The largest absolute Gasteiger partial charge is 0.437 e. The first-order valence-electron chi connectivity index (χ1n) is 5.59. The zero-order valence-corrected chi connectivity index (χ0v) is 11.2. The van der Waals surface area contributed by atoms with Crippen LogP contribution in [0.25, 0.3) is 0 Å². The minimum atomic E-state index is -0.397. The predicted molar refractivity (Wildman–Crippen MR) is 73.0 cm³/mol. The van der Waals surface area contributed by atoms with Crippen LogP contribution in [-0.4, -0.2) is 16.0 Å². The predicted octanol–water partition coefficient (Wildman–Crippen LogP) is 3.07. The Balaban J connectivity index is 2.36. The normalized spacial score (nSPS) is 11.4. The molecule has 5 nitrogen and oxygen atoms in total. The first-order chi connectivity index (χ1) is 9.52. The van der Waals surface area contributed by atoms with Gasteiger partial charge in [0, 0.05) is 17.8 Å². The molecule has 3 N–H and O–H groups in total. The van der Waals surface area contributed by atoms with E-state index >= 15 is 0 Å². The molecule has 0 saturated heterocycles. The van der Waals surface area contributed by atoms with Gasteiger partial charge in [-0.05, 0) is 24.6 Å². The van der Waals surface area contributed by atoms with Crippen LogP contribution in [0.4, 0.5) is 4.39 Å². The number of nitrogens with two attached hydrogens (primary N) is 1. The highest BCUT2D eigenvalue weighted by Crippen LogP contribution is 2.30. The minimum absolute atomic E-state index is 0.0408. The third-order valence-corrected chi connectivity index (χ3v) is 2.96. The Labute approximate surface area is 119 Å². The van der Waals surface area contributed by atoms with Crippen molar-refractivity contribution in [1.29, 1.82) is 0 Å². The number of rotatable bonds is 3. The Morgan fingerprint density at radius 3 is 2.85 bits per heavy atom. The van der Waals surface area contributed by atoms with Gasteiger partial charge in [-0.3, -0.25) is 0 Å². The van der Waals surface area contributed by atoms with Crippen molar-refractivity contribution in [2.45, 2.75) is 6.92 Å². The van der Waals surface area contributed by atoms with E-state index in [-0.39, 0.29) is 28.1 Å². The number of hydrogen-bond donors (Lipinski definition) is 2. The van der Waals surface area contributed by atoms with Gasteiger partial charge in [-0.25, -0.2) is 9.37 Å². The van der Waals surface area contributed by atoms with Gasteiger partial charge in [0.15, 0.2) is 5.84 Å². The van der Waals surface area contributed by atoms with E-state index in [4.69, 9.17) is 27.3 Å². The number of hydrogen-bond acceptors (Lipinski definition) is 4. The number of oxime groups is 1. The van der Waals surface area contributed by atoms with Crippen LogP contribution in [0, 0.1) is 12.7 Å². The third kappa shape index (κ3) is 2.80. The molecule has 20 heavy (non-hydrogen) atoms. The Hall–Kier alpha value is -2.34. The van der Waals surface area contributed by atoms with Crippen molar-refractivity contribution < 1.29 is 14.3 Å². The SMILES string of the molecule is Cc1ccc(Oc2nccc(/C(N)=N/O)c2Cl)cc1F. The molecule has 0 saturated carbocycles. The molecule has 0 bridgehead atoms. The van der Waals surface area contributed by atoms with Crippen molar-refractivity contribution in [1.82, 2.24) is 4.98 Å². The second-order valence-corrected chi connectivity index (χ2v) is 4.35. The number of pyridine rings is 1. The Bertz CT molecular complexity index is 677. The van der Waals surface area contributed by atoms with Gasteiger partial charge < -0.3 is 15.7 Å². The molecular formula is C13H11ClFN3O2. The summed E-state index contributed by atoms with van der Waals surface area (Å²) in [6.07, 6.45) is 1.39. The summed E-state index contributed by atoms with van der Waals surface area (Å²) < 4.78 is 18.8. The zero-order valence-electron chi connectivity index (χ0n) is 10.5. The maximum atomic E-state index is 13.4. The van der Waals surface area contributed by atoms with Crippen LogP contribution in [-0.2, 0) is 0 Å². The van der Waals surface area contributed by atoms with Gasteiger partial charge in [0.1, 0.15) is 16.6 Å². The topological polar surface area (TPSA) is 80.7 Å². The number of nitrogens with zero attached hydrogens (tertiary/aromatic N) is 2. The quantitative estimate of drug-likeness (QED) is 0.395. The molecule has 0 aliphatic carbocycles. The van der Waals surface area contributed by atoms with Crippen molar-refractivity contribution in [2.75, 3.05) is 0 Å². The lowest BCUT2D eigenvalue weighted by Gasteiger charge is -2.09. The molecule has 0 aliphatic rings. The molecule has 2 rings (SSSR count). The van der Waals surface area contributed by atoms with E-state index in [0.29, 0.717) is 5.56 Å². The van der Waals surface area contributed by atoms with Crippen LogP contribution in [0.2, 0.25) is 5.02 Å². The lowest BCUT2D eigenvalue weighted by Crippen LogP contribution is -2.14. The van der Waals surface area contributed by atoms with E-state index < -0.39 is 5.82 Å². The summed E-state index contributed by atoms with van der Waals surface area (Å²) in [5.41, 5.74) is 6.25. The molecule has 1 aromatic carbocycles.